The second-order valence-corrected chi connectivity index (χ2v) is 7.71. The highest BCUT2D eigenvalue weighted by Crippen LogP contribution is 2.33. The van der Waals surface area contributed by atoms with E-state index in [4.69, 9.17) is 4.99 Å². The number of rotatable bonds is 3. The molecule has 2 aromatic carbocycles. The average molecular weight is 372 g/mol. The van der Waals surface area contributed by atoms with Crippen LogP contribution in [0.2, 0.25) is 0 Å². The number of anilines is 1. The molecule has 3 aromatic rings. The zero-order valence-corrected chi connectivity index (χ0v) is 15.8. The first-order chi connectivity index (χ1) is 13.8. The number of aromatic nitrogens is 1. The van der Waals surface area contributed by atoms with Crippen LogP contribution < -0.4 is 5.32 Å². The summed E-state index contributed by atoms with van der Waals surface area (Å²) in [5.41, 5.74) is 5.35. The minimum Gasteiger partial charge on any atom is -0.352 e. The van der Waals surface area contributed by atoms with Crippen molar-refractivity contribution in [1.29, 1.82) is 0 Å². The zero-order chi connectivity index (χ0) is 18.9. The van der Waals surface area contributed by atoms with Gasteiger partial charge in [0.15, 0.2) is 0 Å². The number of nitrogens with one attached hydrogen (secondary N) is 2. The molecule has 5 nitrogen and oxygen atoms in total. The van der Waals surface area contributed by atoms with E-state index in [0.29, 0.717) is 5.92 Å². The molecule has 0 aliphatic carbocycles. The summed E-state index contributed by atoms with van der Waals surface area (Å²) in [4.78, 5) is 23.0. The van der Waals surface area contributed by atoms with Crippen LogP contribution in [0.25, 0.3) is 10.9 Å². The van der Waals surface area contributed by atoms with Crippen molar-refractivity contribution >= 4 is 28.2 Å². The molecule has 0 spiro atoms. The van der Waals surface area contributed by atoms with Crippen LogP contribution in [0.4, 0.5) is 5.69 Å². The molecule has 3 heterocycles. The minimum absolute atomic E-state index is 0.0393. The Bertz CT molecular complexity index is 1030. The number of piperidine rings is 1. The van der Waals surface area contributed by atoms with Gasteiger partial charge in [0.05, 0.1) is 17.1 Å². The number of H-pyrrole nitrogens is 1. The van der Waals surface area contributed by atoms with Crippen molar-refractivity contribution in [2.24, 2.45) is 10.9 Å². The van der Waals surface area contributed by atoms with Crippen LogP contribution in [-0.4, -0.2) is 41.1 Å². The van der Waals surface area contributed by atoms with E-state index in [9.17, 15) is 4.79 Å². The van der Waals surface area contributed by atoms with Gasteiger partial charge in [0, 0.05) is 23.4 Å². The molecule has 1 saturated heterocycles. The number of hydrogen-bond acceptors (Lipinski definition) is 3. The number of aliphatic imine (C=N–C) groups is 1. The van der Waals surface area contributed by atoms with E-state index in [1.165, 1.54) is 5.56 Å². The van der Waals surface area contributed by atoms with Gasteiger partial charge in [-0.15, -0.1) is 0 Å². The second kappa shape index (κ2) is 7.24. The standard InChI is InChI=1S/C23H24N4O/c28-20-14-24-21(23-22(26-20)18-8-4-5-9-19(18)25-23)17-10-12-27(13-11-17)15-16-6-2-1-3-7-16/h1-9,17,25H,10-15H2,(H,26,28). The molecule has 1 amide bonds. The molecule has 0 bridgehead atoms. The van der Waals surface area contributed by atoms with Crippen molar-refractivity contribution < 1.29 is 4.79 Å². The Morgan fingerprint density at radius 3 is 2.57 bits per heavy atom. The van der Waals surface area contributed by atoms with Crippen molar-refractivity contribution in [3.05, 3.63) is 65.9 Å². The molecule has 2 aliphatic heterocycles. The number of carbonyl (C=O) groups excluding carboxylic acids is 1. The average Bonchev–Trinajstić information content (AvgIpc) is 2.99. The predicted octanol–water partition coefficient (Wildman–Crippen LogP) is 3.82. The lowest BCUT2D eigenvalue weighted by atomic mass is 9.89. The summed E-state index contributed by atoms with van der Waals surface area (Å²) in [5, 5.41) is 4.12. The van der Waals surface area contributed by atoms with Gasteiger partial charge in [0.2, 0.25) is 5.91 Å². The van der Waals surface area contributed by atoms with Gasteiger partial charge in [-0.1, -0.05) is 48.5 Å². The molecule has 2 N–H and O–H groups in total. The molecule has 0 unspecified atom stereocenters. The van der Waals surface area contributed by atoms with Crippen molar-refractivity contribution in [3.63, 3.8) is 0 Å². The van der Waals surface area contributed by atoms with Gasteiger partial charge in [-0.2, -0.15) is 0 Å². The molecule has 28 heavy (non-hydrogen) atoms. The Kier molecular flexibility index (Phi) is 4.45. The topological polar surface area (TPSA) is 60.5 Å². The molecular formula is C23H24N4O. The third kappa shape index (κ3) is 3.22. The molecule has 2 aliphatic rings. The van der Waals surface area contributed by atoms with Gasteiger partial charge in [0.25, 0.3) is 0 Å². The zero-order valence-electron chi connectivity index (χ0n) is 15.8. The lowest BCUT2D eigenvalue weighted by molar-refractivity contribution is -0.114. The van der Waals surface area contributed by atoms with Crippen molar-refractivity contribution in [2.75, 3.05) is 25.0 Å². The fourth-order valence-corrected chi connectivity index (χ4v) is 4.42. The maximum Gasteiger partial charge on any atom is 0.246 e. The van der Waals surface area contributed by atoms with Gasteiger partial charge in [0.1, 0.15) is 6.54 Å². The maximum absolute atomic E-state index is 12.2. The highest BCUT2D eigenvalue weighted by molar-refractivity contribution is 6.17. The SMILES string of the molecule is O=C1CN=C(C2CCN(Cc3ccccc3)CC2)c2[nH]c3ccccc3c2N1. The number of aromatic amines is 1. The smallest absolute Gasteiger partial charge is 0.246 e. The fourth-order valence-electron chi connectivity index (χ4n) is 4.42. The minimum atomic E-state index is -0.0393. The van der Waals surface area contributed by atoms with Gasteiger partial charge in [-0.3, -0.25) is 14.7 Å². The van der Waals surface area contributed by atoms with Crippen LogP contribution in [0.3, 0.4) is 0 Å². The van der Waals surface area contributed by atoms with E-state index in [2.05, 4.69) is 57.7 Å². The fraction of sp³-hybridized carbons (Fsp3) is 0.304. The van der Waals surface area contributed by atoms with Crippen molar-refractivity contribution in [1.82, 2.24) is 9.88 Å². The van der Waals surface area contributed by atoms with Crippen molar-refractivity contribution in [3.8, 4) is 0 Å². The van der Waals surface area contributed by atoms with Gasteiger partial charge in [-0.25, -0.2) is 0 Å². The van der Waals surface area contributed by atoms with Crippen LogP contribution in [0.5, 0.6) is 0 Å². The lowest BCUT2D eigenvalue weighted by Crippen LogP contribution is -2.36. The van der Waals surface area contributed by atoms with Gasteiger partial charge < -0.3 is 10.3 Å². The number of amides is 1. The number of likely N-dealkylation sites (tertiary alicyclic amines) is 1. The van der Waals surface area contributed by atoms with E-state index in [0.717, 1.165) is 60.5 Å². The Morgan fingerprint density at radius 1 is 1.00 bits per heavy atom. The van der Waals surface area contributed by atoms with Gasteiger partial charge in [-0.05, 0) is 37.6 Å². The predicted molar refractivity (Wildman–Crippen MR) is 113 cm³/mol. The van der Waals surface area contributed by atoms with Crippen LogP contribution in [0.1, 0.15) is 24.1 Å². The summed E-state index contributed by atoms with van der Waals surface area (Å²) in [7, 11) is 0. The summed E-state index contributed by atoms with van der Waals surface area (Å²) in [6.07, 6.45) is 2.13. The van der Waals surface area contributed by atoms with Crippen LogP contribution in [0.15, 0.2) is 59.6 Å². The Balaban J connectivity index is 1.38. The normalized spacial score (nSPS) is 18.4. The van der Waals surface area contributed by atoms with E-state index < -0.39 is 0 Å². The third-order valence-electron chi connectivity index (χ3n) is 5.84. The number of hydrogen-bond donors (Lipinski definition) is 2. The molecule has 1 fully saturated rings. The monoisotopic (exact) mass is 372 g/mol. The Hall–Kier alpha value is -2.92. The second-order valence-electron chi connectivity index (χ2n) is 7.71. The molecule has 5 heteroatoms. The Labute approximate surface area is 164 Å². The number of carbonyl (C=O) groups is 1. The van der Waals surface area contributed by atoms with Gasteiger partial charge >= 0.3 is 0 Å². The summed E-state index contributed by atoms with van der Waals surface area (Å²) in [5.74, 6) is 0.342. The van der Waals surface area contributed by atoms with Crippen LogP contribution in [0, 0.1) is 5.92 Å². The van der Waals surface area contributed by atoms with E-state index in [1.807, 2.05) is 12.1 Å². The van der Waals surface area contributed by atoms with E-state index in [-0.39, 0.29) is 12.5 Å². The van der Waals surface area contributed by atoms with E-state index in [1.54, 1.807) is 0 Å². The number of nitrogens with zero attached hydrogens (tertiary/aromatic N) is 2. The molecule has 0 saturated carbocycles. The summed E-state index contributed by atoms with van der Waals surface area (Å²) >= 11 is 0. The highest BCUT2D eigenvalue weighted by atomic mass is 16.1. The van der Waals surface area contributed by atoms with E-state index >= 15 is 0 Å². The molecule has 5 rings (SSSR count). The molecular weight excluding hydrogens is 348 g/mol. The third-order valence-corrected chi connectivity index (χ3v) is 5.84. The molecule has 0 radical (unpaired) electrons. The number of para-hydroxylation sites is 1. The quantitative estimate of drug-likeness (QED) is 0.734. The molecule has 142 valence electrons. The highest BCUT2D eigenvalue weighted by Gasteiger charge is 2.29. The van der Waals surface area contributed by atoms with Crippen LogP contribution in [-0.2, 0) is 11.3 Å². The molecule has 1 aromatic heterocycles. The van der Waals surface area contributed by atoms with Crippen LogP contribution >= 0.6 is 0 Å². The first-order valence-electron chi connectivity index (χ1n) is 9.99. The number of fused-ring (bicyclic) bond motifs is 3. The number of benzene rings is 2. The first-order valence-corrected chi connectivity index (χ1v) is 9.99. The summed E-state index contributed by atoms with van der Waals surface area (Å²) < 4.78 is 0. The maximum atomic E-state index is 12.2. The van der Waals surface area contributed by atoms with Crippen molar-refractivity contribution in [2.45, 2.75) is 19.4 Å². The largest absolute Gasteiger partial charge is 0.352 e. The Morgan fingerprint density at radius 2 is 1.75 bits per heavy atom. The molecule has 0 atom stereocenters. The first kappa shape index (κ1) is 17.2. The summed E-state index contributed by atoms with van der Waals surface area (Å²) in [6, 6.07) is 18.8. The lowest BCUT2D eigenvalue weighted by Gasteiger charge is -2.32. The summed E-state index contributed by atoms with van der Waals surface area (Å²) in [6.45, 7) is 3.30.